The van der Waals surface area contributed by atoms with Gasteiger partial charge in [-0.1, -0.05) is 0 Å². The number of carbonyl (C=O) groups is 1. The molecule has 1 rings (SSSR count). The molecule has 1 aromatic carbocycles. The van der Waals surface area contributed by atoms with Crippen LogP contribution in [0, 0.1) is 0 Å². The van der Waals surface area contributed by atoms with Crippen molar-refractivity contribution in [2.45, 2.75) is 0 Å². The summed E-state index contributed by atoms with van der Waals surface area (Å²) in [6.45, 7) is 0. The van der Waals surface area contributed by atoms with Gasteiger partial charge in [-0.2, -0.15) is 0 Å². The Balaban J connectivity index is 3.02. The largest absolute Gasteiger partial charge is 0.399 e. The summed E-state index contributed by atoms with van der Waals surface area (Å²) >= 11 is 0. The molecular formula is C9H13N3O2. The van der Waals surface area contributed by atoms with Crippen molar-refractivity contribution < 1.29 is 9.63 Å². The molecule has 0 aliphatic heterocycles. The van der Waals surface area contributed by atoms with Crippen LogP contribution in [0.2, 0.25) is 0 Å². The molecule has 0 aliphatic rings. The minimum Gasteiger partial charge on any atom is -0.399 e. The number of carbonyl (C=O) groups excluding carboxylic acids is 1. The van der Waals surface area contributed by atoms with Gasteiger partial charge in [-0.3, -0.25) is 9.63 Å². The molecule has 0 spiro atoms. The molecule has 5 nitrogen and oxygen atoms in total. The summed E-state index contributed by atoms with van der Waals surface area (Å²) in [4.78, 5) is 16.3. The third-order valence-electron chi connectivity index (χ3n) is 1.87. The Morgan fingerprint density at radius 3 is 2.57 bits per heavy atom. The molecule has 0 fully saturated rings. The zero-order valence-electron chi connectivity index (χ0n) is 8.15. The summed E-state index contributed by atoms with van der Waals surface area (Å²) < 4.78 is 0. The van der Waals surface area contributed by atoms with Gasteiger partial charge in [-0.15, -0.1) is 0 Å². The molecule has 0 unspecified atom stereocenters. The van der Waals surface area contributed by atoms with Gasteiger partial charge in [0.25, 0.3) is 5.91 Å². The maximum atomic E-state index is 11.6. The van der Waals surface area contributed by atoms with Gasteiger partial charge in [0.2, 0.25) is 0 Å². The summed E-state index contributed by atoms with van der Waals surface area (Å²) in [5, 5.41) is 1.10. The van der Waals surface area contributed by atoms with E-state index in [1.54, 1.807) is 12.1 Å². The third-order valence-corrected chi connectivity index (χ3v) is 1.87. The molecule has 0 bridgehead atoms. The van der Waals surface area contributed by atoms with Crippen molar-refractivity contribution in [3.05, 3.63) is 23.8 Å². The average Bonchev–Trinajstić information content (AvgIpc) is 2.15. The molecule has 0 aliphatic carbocycles. The second kappa shape index (κ2) is 3.97. The van der Waals surface area contributed by atoms with Crippen molar-refractivity contribution in [3.63, 3.8) is 0 Å². The van der Waals surface area contributed by atoms with Gasteiger partial charge in [0.15, 0.2) is 0 Å². The van der Waals surface area contributed by atoms with E-state index in [9.17, 15) is 4.79 Å². The quantitative estimate of drug-likeness (QED) is 0.531. The number of nitrogen functional groups attached to an aromatic ring is 2. The van der Waals surface area contributed by atoms with Crippen LogP contribution in [0.25, 0.3) is 0 Å². The highest BCUT2D eigenvalue weighted by Crippen LogP contribution is 2.17. The number of hydroxylamine groups is 2. The minimum atomic E-state index is -0.301. The normalized spacial score (nSPS) is 9.86. The second-order valence-electron chi connectivity index (χ2n) is 2.83. The van der Waals surface area contributed by atoms with Gasteiger partial charge in [-0.05, 0) is 18.2 Å². The topological polar surface area (TPSA) is 81.6 Å². The first-order valence-corrected chi connectivity index (χ1v) is 4.03. The smallest absolute Gasteiger partial charge is 0.279 e. The number of anilines is 2. The van der Waals surface area contributed by atoms with E-state index in [-0.39, 0.29) is 5.91 Å². The fourth-order valence-corrected chi connectivity index (χ4v) is 1.03. The summed E-state index contributed by atoms with van der Waals surface area (Å²) in [7, 11) is 2.92. The van der Waals surface area contributed by atoms with E-state index in [2.05, 4.69) is 0 Å². The van der Waals surface area contributed by atoms with Gasteiger partial charge < -0.3 is 11.5 Å². The molecule has 0 atom stereocenters. The molecule has 14 heavy (non-hydrogen) atoms. The maximum absolute atomic E-state index is 11.6. The summed E-state index contributed by atoms with van der Waals surface area (Å²) in [5.41, 5.74) is 12.4. The van der Waals surface area contributed by atoms with Crippen LogP contribution in [0.3, 0.4) is 0 Å². The minimum absolute atomic E-state index is 0.301. The maximum Gasteiger partial charge on any atom is 0.279 e. The van der Waals surface area contributed by atoms with Crippen molar-refractivity contribution in [2.75, 3.05) is 25.6 Å². The van der Waals surface area contributed by atoms with Gasteiger partial charge >= 0.3 is 0 Å². The second-order valence-corrected chi connectivity index (χ2v) is 2.83. The molecule has 1 amide bonds. The molecule has 0 heterocycles. The Kier molecular flexibility index (Phi) is 2.93. The lowest BCUT2D eigenvalue weighted by molar-refractivity contribution is -0.0756. The van der Waals surface area contributed by atoms with Crippen molar-refractivity contribution in [1.29, 1.82) is 0 Å². The van der Waals surface area contributed by atoms with Crippen LogP contribution in [-0.2, 0) is 4.84 Å². The molecule has 0 saturated heterocycles. The SMILES string of the molecule is CON(C)C(=O)c1ccc(N)cc1N. The Bertz CT molecular complexity index is 352. The van der Waals surface area contributed by atoms with Gasteiger partial charge in [0.05, 0.1) is 12.7 Å². The van der Waals surface area contributed by atoms with Crippen LogP contribution in [0.4, 0.5) is 11.4 Å². The lowest BCUT2D eigenvalue weighted by Gasteiger charge is -2.14. The van der Waals surface area contributed by atoms with Crippen LogP contribution in [-0.4, -0.2) is 25.1 Å². The van der Waals surface area contributed by atoms with E-state index >= 15 is 0 Å². The van der Waals surface area contributed by atoms with E-state index < -0.39 is 0 Å². The van der Waals surface area contributed by atoms with Gasteiger partial charge in [0.1, 0.15) is 0 Å². The first-order valence-electron chi connectivity index (χ1n) is 4.03. The van der Waals surface area contributed by atoms with Crippen molar-refractivity contribution in [1.82, 2.24) is 5.06 Å². The molecule has 0 saturated carbocycles. The van der Waals surface area contributed by atoms with E-state index in [0.29, 0.717) is 16.9 Å². The zero-order chi connectivity index (χ0) is 10.7. The van der Waals surface area contributed by atoms with Crippen molar-refractivity contribution in [2.24, 2.45) is 0 Å². The fraction of sp³-hybridized carbons (Fsp3) is 0.222. The van der Waals surface area contributed by atoms with Crippen LogP contribution < -0.4 is 11.5 Å². The summed E-state index contributed by atoms with van der Waals surface area (Å²) in [6, 6.07) is 4.73. The molecule has 0 radical (unpaired) electrons. The summed E-state index contributed by atoms with van der Waals surface area (Å²) in [6.07, 6.45) is 0. The Labute approximate surface area is 82.2 Å². The molecule has 0 aromatic heterocycles. The number of benzene rings is 1. The molecule has 76 valence electrons. The van der Waals surface area contributed by atoms with Crippen LogP contribution in [0.1, 0.15) is 10.4 Å². The monoisotopic (exact) mass is 195 g/mol. The Morgan fingerprint density at radius 2 is 2.07 bits per heavy atom. The fourth-order valence-electron chi connectivity index (χ4n) is 1.03. The molecule has 1 aromatic rings. The Morgan fingerprint density at radius 1 is 1.43 bits per heavy atom. The van der Waals surface area contributed by atoms with E-state index in [1.165, 1.54) is 20.2 Å². The molecule has 5 heteroatoms. The van der Waals surface area contributed by atoms with Crippen molar-refractivity contribution in [3.8, 4) is 0 Å². The first-order chi connectivity index (χ1) is 6.56. The number of amides is 1. The van der Waals surface area contributed by atoms with Crippen LogP contribution in [0.5, 0.6) is 0 Å². The zero-order valence-corrected chi connectivity index (χ0v) is 8.15. The predicted molar refractivity (Wildman–Crippen MR) is 54.4 cm³/mol. The predicted octanol–water partition coefficient (Wildman–Crippen LogP) is 0.484. The highest BCUT2D eigenvalue weighted by molar-refractivity contribution is 5.98. The number of rotatable bonds is 2. The summed E-state index contributed by atoms with van der Waals surface area (Å²) in [5.74, 6) is -0.301. The van der Waals surface area contributed by atoms with Gasteiger partial charge in [-0.25, -0.2) is 5.06 Å². The lowest BCUT2D eigenvalue weighted by Crippen LogP contribution is -2.26. The standard InChI is InChI=1S/C9H13N3O2/c1-12(14-2)9(13)7-4-3-6(10)5-8(7)11/h3-5H,10-11H2,1-2H3. The Hall–Kier alpha value is -1.75. The van der Waals surface area contributed by atoms with Crippen molar-refractivity contribution >= 4 is 17.3 Å². The number of hydrogen-bond donors (Lipinski definition) is 2. The van der Waals surface area contributed by atoms with Gasteiger partial charge in [0, 0.05) is 18.4 Å². The third kappa shape index (κ3) is 1.94. The van der Waals surface area contributed by atoms with E-state index in [4.69, 9.17) is 16.3 Å². The van der Waals surface area contributed by atoms with Crippen LogP contribution in [0.15, 0.2) is 18.2 Å². The number of hydrogen-bond acceptors (Lipinski definition) is 4. The van der Waals surface area contributed by atoms with E-state index in [0.717, 1.165) is 5.06 Å². The molecule has 4 N–H and O–H groups in total. The number of nitrogens with zero attached hydrogens (tertiary/aromatic N) is 1. The number of nitrogens with two attached hydrogens (primary N) is 2. The highest BCUT2D eigenvalue weighted by atomic mass is 16.7. The average molecular weight is 195 g/mol. The van der Waals surface area contributed by atoms with E-state index in [1.807, 2.05) is 0 Å². The highest BCUT2D eigenvalue weighted by Gasteiger charge is 2.13. The molecular weight excluding hydrogens is 182 g/mol. The van der Waals surface area contributed by atoms with Crippen LogP contribution >= 0.6 is 0 Å². The lowest BCUT2D eigenvalue weighted by atomic mass is 10.1. The first kappa shape index (κ1) is 10.3.